The zero-order valence-corrected chi connectivity index (χ0v) is 29.6. The lowest BCUT2D eigenvalue weighted by Gasteiger charge is -2.20. The summed E-state index contributed by atoms with van der Waals surface area (Å²) < 4.78 is 2.38. The zero-order valence-electron chi connectivity index (χ0n) is 29.6. The van der Waals surface area contributed by atoms with Gasteiger partial charge < -0.3 is 4.57 Å². The number of hydrogen-bond donors (Lipinski definition) is 0. The molecule has 3 heterocycles. The Morgan fingerprint density at radius 1 is 0.396 bits per heavy atom. The summed E-state index contributed by atoms with van der Waals surface area (Å²) in [5.74, 6) is 0. The molecule has 0 saturated carbocycles. The van der Waals surface area contributed by atoms with Gasteiger partial charge in [-0.3, -0.25) is 9.97 Å². The lowest BCUT2D eigenvalue weighted by atomic mass is 9.83. The van der Waals surface area contributed by atoms with E-state index in [9.17, 15) is 0 Å². The van der Waals surface area contributed by atoms with E-state index in [0.29, 0.717) is 0 Å². The molecule has 0 spiro atoms. The second-order valence-electron chi connectivity index (χ2n) is 13.9. The maximum absolute atomic E-state index is 4.93. The third-order valence-corrected chi connectivity index (χ3v) is 10.8. The zero-order chi connectivity index (χ0) is 35.5. The minimum atomic E-state index is 0.862. The number of rotatable bonds is 5. The van der Waals surface area contributed by atoms with E-state index in [2.05, 4.69) is 169 Å². The monoisotopic (exact) mass is 677 g/mol. The molecule has 3 nitrogen and oxygen atoms in total. The van der Waals surface area contributed by atoms with Crippen LogP contribution in [0.25, 0.3) is 93.8 Å². The highest BCUT2D eigenvalue weighted by atomic mass is 15.0. The second kappa shape index (κ2) is 12.4. The molecule has 3 aromatic heterocycles. The summed E-state index contributed by atoms with van der Waals surface area (Å²) in [5.41, 5.74) is 15.0. The van der Waals surface area contributed by atoms with Crippen LogP contribution >= 0.6 is 0 Å². The Kier molecular flexibility index (Phi) is 7.26. The fourth-order valence-corrected chi connectivity index (χ4v) is 8.30. The van der Waals surface area contributed by atoms with E-state index >= 15 is 0 Å². The third kappa shape index (κ3) is 5.04. The summed E-state index contributed by atoms with van der Waals surface area (Å²) in [7, 11) is 0. The Bertz CT molecular complexity index is 2940. The molecule has 0 aliphatic carbocycles. The predicted molar refractivity (Wildman–Crippen MR) is 223 cm³/mol. The van der Waals surface area contributed by atoms with Crippen LogP contribution in [0.15, 0.2) is 176 Å². The van der Waals surface area contributed by atoms with Gasteiger partial charge in [0.1, 0.15) is 0 Å². The van der Waals surface area contributed by atoms with Crippen molar-refractivity contribution in [2.75, 3.05) is 0 Å². The largest absolute Gasteiger partial charge is 0.309 e. The molecule has 0 bridgehead atoms. The van der Waals surface area contributed by atoms with Crippen molar-refractivity contribution in [2.45, 2.75) is 13.8 Å². The average molecular weight is 678 g/mol. The Morgan fingerprint density at radius 3 is 1.60 bits per heavy atom. The number of para-hydroxylation sites is 2. The first kappa shape index (κ1) is 30.9. The van der Waals surface area contributed by atoms with Gasteiger partial charge in [0, 0.05) is 34.4 Å². The molecule has 0 N–H and O–H groups in total. The summed E-state index contributed by atoms with van der Waals surface area (Å²) in [6.45, 7) is 4.44. The van der Waals surface area contributed by atoms with E-state index in [1.165, 1.54) is 82.3 Å². The summed E-state index contributed by atoms with van der Waals surface area (Å²) in [6.07, 6.45) is 3.82. The van der Waals surface area contributed by atoms with Gasteiger partial charge in [0.05, 0.1) is 22.4 Å². The van der Waals surface area contributed by atoms with Crippen LogP contribution in [0, 0.1) is 13.8 Å². The van der Waals surface area contributed by atoms with Gasteiger partial charge in [-0.2, -0.15) is 0 Å². The molecule has 0 atom stereocenters. The van der Waals surface area contributed by atoms with Gasteiger partial charge in [-0.1, -0.05) is 115 Å². The molecular weight excluding hydrogens is 643 g/mol. The van der Waals surface area contributed by atoms with Crippen molar-refractivity contribution in [3.8, 4) is 50.5 Å². The number of aromatic nitrogens is 3. The van der Waals surface area contributed by atoms with Crippen molar-refractivity contribution in [3.05, 3.63) is 187 Å². The number of aryl methyl sites for hydroxylation is 2. The Morgan fingerprint density at radius 2 is 0.962 bits per heavy atom. The highest BCUT2D eigenvalue weighted by Crippen LogP contribution is 2.46. The van der Waals surface area contributed by atoms with Gasteiger partial charge in [-0.05, 0) is 123 Å². The van der Waals surface area contributed by atoms with Gasteiger partial charge in [0.25, 0.3) is 0 Å². The molecule has 250 valence electrons. The van der Waals surface area contributed by atoms with Gasteiger partial charge in [0.15, 0.2) is 0 Å². The van der Waals surface area contributed by atoms with E-state index in [-0.39, 0.29) is 0 Å². The lowest BCUT2D eigenvalue weighted by molar-refractivity contribution is 1.18. The molecule has 0 unspecified atom stereocenters. The minimum Gasteiger partial charge on any atom is -0.309 e. The highest BCUT2D eigenvalue weighted by molar-refractivity contribution is 6.22. The standard InChI is InChI=1S/C50H35N3/c1-32-13-3-4-14-37(32)42-30-44-43(29-33(42)2)50(35-24-27-46(52-31-35)45-19-11-12-28-51-45)41-18-6-5-17-40(41)49(44)34-22-25-36(26-23-34)53-47-20-9-7-15-38(47)39-16-8-10-21-48(39)53/h3-31H,1-2H3. The fourth-order valence-electron chi connectivity index (χ4n) is 8.30. The van der Waals surface area contributed by atoms with E-state index in [1.807, 2.05) is 30.6 Å². The highest BCUT2D eigenvalue weighted by Gasteiger charge is 2.20. The number of hydrogen-bond acceptors (Lipinski definition) is 2. The fraction of sp³-hybridized carbons (Fsp3) is 0.0400. The molecule has 0 aliphatic rings. The van der Waals surface area contributed by atoms with E-state index in [0.717, 1.165) is 22.6 Å². The van der Waals surface area contributed by atoms with Crippen LogP contribution in [0.2, 0.25) is 0 Å². The SMILES string of the molecule is Cc1ccccc1-c1cc2c(-c3ccc(-n4c5ccccc5c5ccccc54)cc3)c3ccccc3c(-c3ccc(-c4ccccn4)nc3)c2cc1C. The molecule has 0 aliphatic heterocycles. The smallest absolute Gasteiger partial charge is 0.0886 e. The first-order valence-corrected chi connectivity index (χ1v) is 18.2. The van der Waals surface area contributed by atoms with Crippen molar-refractivity contribution < 1.29 is 0 Å². The van der Waals surface area contributed by atoms with Crippen LogP contribution in [0.1, 0.15) is 11.1 Å². The Labute approximate surface area is 308 Å². The van der Waals surface area contributed by atoms with Crippen molar-refractivity contribution in [1.82, 2.24) is 14.5 Å². The molecule has 0 saturated heterocycles. The van der Waals surface area contributed by atoms with Crippen LogP contribution in [-0.4, -0.2) is 14.5 Å². The summed E-state index contributed by atoms with van der Waals surface area (Å²) in [5, 5.41) is 7.39. The van der Waals surface area contributed by atoms with Crippen LogP contribution in [-0.2, 0) is 0 Å². The summed E-state index contributed by atoms with van der Waals surface area (Å²) in [4.78, 5) is 9.47. The normalized spacial score (nSPS) is 11.6. The molecule has 0 amide bonds. The van der Waals surface area contributed by atoms with Crippen LogP contribution < -0.4 is 0 Å². The van der Waals surface area contributed by atoms with Crippen molar-refractivity contribution >= 4 is 43.4 Å². The quantitative estimate of drug-likeness (QED) is 0.170. The lowest BCUT2D eigenvalue weighted by Crippen LogP contribution is -1.96. The van der Waals surface area contributed by atoms with E-state index in [4.69, 9.17) is 4.98 Å². The number of benzene rings is 7. The van der Waals surface area contributed by atoms with Crippen molar-refractivity contribution in [3.63, 3.8) is 0 Å². The van der Waals surface area contributed by atoms with Gasteiger partial charge in [0.2, 0.25) is 0 Å². The van der Waals surface area contributed by atoms with Crippen LogP contribution in [0.4, 0.5) is 0 Å². The van der Waals surface area contributed by atoms with Crippen LogP contribution in [0.5, 0.6) is 0 Å². The topological polar surface area (TPSA) is 30.7 Å². The van der Waals surface area contributed by atoms with E-state index < -0.39 is 0 Å². The molecular formula is C50H35N3. The van der Waals surface area contributed by atoms with Crippen LogP contribution in [0.3, 0.4) is 0 Å². The van der Waals surface area contributed by atoms with Gasteiger partial charge in [-0.15, -0.1) is 0 Å². The Hall–Kier alpha value is -6.84. The van der Waals surface area contributed by atoms with Gasteiger partial charge >= 0.3 is 0 Å². The van der Waals surface area contributed by atoms with Crippen molar-refractivity contribution in [1.29, 1.82) is 0 Å². The maximum Gasteiger partial charge on any atom is 0.0886 e. The van der Waals surface area contributed by atoms with Crippen molar-refractivity contribution in [2.24, 2.45) is 0 Å². The second-order valence-corrected chi connectivity index (χ2v) is 13.9. The number of nitrogens with zero attached hydrogens (tertiary/aromatic N) is 3. The first-order valence-electron chi connectivity index (χ1n) is 18.2. The molecule has 0 radical (unpaired) electrons. The number of fused-ring (bicyclic) bond motifs is 5. The summed E-state index contributed by atoms with van der Waals surface area (Å²) >= 11 is 0. The first-order chi connectivity index (χ1) is 26.1. The minimum absolute atomic E-state index is 0.862. The molecule has 3 heteroatoms. The molecule has 53 heavy (non-hydrogen) atoms. The average Bonchev–Trinajstić information content (AvgIpc) is 3.55. The molecule has 10 aromatic rings. The molecule has 7 aromatic carbocycles. The maximum atomic E-state index is 4.93. The summed E-state index contributed by atoms with van der Waals surface area (Å²) in [6, 6.07) is 59.1. The van der Waals surface area contributed by atoms with Gasteiger partial charge in [-0.25, -0.2) is 0 Å². The Balaban J connectivity index is 1.23. The molecule has 0 fully saturated rings. The number of pyridine rings is 2. The van der Waals surface area contributed by atoms with E-state index in [1.54, 1.807) is 0 Å². The third-order valence-electron chi connectivity index (χ3n) is 10.8. The predicted octanol–water partition coefficient (Wildman–Crippen LogP) is 13.2. The molecule has 10 rings (SSSR count).